The predicted octanol–water partition coefficient (Wildman–Crippen LogP) is 6.81. The quantitative estimate of drug-likeness (QED) is 0.276. The molecule has 1 aliphatic carbocycles. The zero-order valence-electron chi connectivity index (χ0n) is 16.4. The van der Waals surface area contributed by atoms with Crippen LogP contribution in [0.5, 0.6) is 5.75 Å². The summed E-state index contributed by atoms with van der Waals surface area (Å²) < 4.78 is 92.9. The molecule has 0 N–H and O–H groups in total. The van der Waals surface area contributed by atoms with Gasteiger partial charge in [0.1, 0.15) is 5.82 Å². The number of fused-ring (bicyclic) bond motifs is 1. The molecule has 166 valence electrons. The molecule has 0 heterocycles. The van der Waals surface area contributed by atoms with Crippen LogP contribution in [0.15, 0.2) is 24.3 Å². The monoisotopic (exact) mass is 450 g/mol. The first-order chi connectivity index (χ1) is 14.0. The first kappa shape index (κ1) is 22.8. The first-order valence-electron chi connectivity index (χ1n) is 9.96. The van der Waals surface area contributed by atoms with Crippen LogP contribution in [-0.4, -0.2) is 13.9 Å². The van der Waals surface area contributed by atoms with Crippen LogP contribution >= 0.6 is 0 Å². The molecule has 1 aliphatic rings. The van der Waals surface area contributed by atoms with Crippen molar-refractivity contribution >= 4 is 20.9 Å². The molecule has 0 radical (unpaired) electrons. The highest BCUT2D eigenvalue weighted by Gasteiger charge is 2.49. The predicted molar refractivity (Wildman–Crippen MR) is 104 cm³/mol. The Bertz CT molecular complexity index is 1010. The Morgan fingerprint density at radius 1 is 1.07 bits per heavy atom. The van der Waals surface area contributed by atoms with Crippen molar-refractivity contribution in [2.24, 2.45) is 5.92 Å². The maximum Gasteiger partial charge on any atom is 0.534 e. The van der Waals surface area contributed by atoms with Gasteiger partial charge in [-0.3, -0.25) is 0 Å². The zero-order chi connectivity index (χ0) is 22.1. The Labute approximate surface area is 172 Å². The van der Waals surface area contributed by atoms with Crippen LogP contribution < -0.4 is 4.18 Å². The van der Waals surface area contributed by atoms with E-state index in [2.05, 4.69) is 11.1 Å². The van der Waals surface area contributed by atoms with Gasteiger partial charge < -0.3 is 4.18 Å². The van der Waals surface area contributed by atoms with Gasteiger partial charge in [-0.25, -0.2) is 8.78 Å². The summed E-state index contributed by atoms with van der Waals surface area (Å²) in [6.07, 6.45) is 7.40. The number of hydrogen-bond donors (Lipinski definition) is 0. The van der Waals surface area contributed by atoms with Crippen LogP contribution in [0.4, 0.5) is 22.0 Å². The van der Waals surface area contributed by atoms with Gasteiger partial charge in [0.15, 0.2) is 11.6 Å². The molecule has 0 bridgehead atoms. The van der Waals surface area contributed by atoms with Crippen molar-refractivity contribution in [3.05, 3.63) is 41.5 Å². The summed E-state index contributed by atoms with van der Waals surface area (Å²) in [5, 5.41) is -0.447. The van der Waals surface area contributed by atoms with Crippen LogP contribution in [-0.2, 0) is 10.1 Å². The third-order valence-corrected chi connectivity index (χ3v) is 6.73. The second-order valence-electron chi connectivity index (χ2n) is 7.82. The van der Waals surface area contributed by atoms with Gasteiger partial charge in [-0.05, 0) is 60.6 Å². The van der Waals surface area contributed by atoms with Crippen molar-refractivity contribution < 1.29 is 34.6 Å². The lowest BCUT2D eigenvalue weighted by Crippen LogP contribution is -2.28. The topological polar surface area (TPSA) is 43.4 Å². The smallest absolute Gasteiger partial charge is 0.373 e. The normalized spacial score (nSPS) is 20.5. The summed E-state index contributed by atoms with van der Waals surface area (Å²) in [7, 11) is -6.05. The fourth-order valence-corrected chi connectivity index (χ4v) is 4.58. The first-order valence-corrected chi connectivity index (χ1v) is 11.4. The summed E-state index contributed by atoms with van der Waals surface area (Å²) in [6.45, 7) is 2.15. The Morgan fingerprint density at radius 2 is 1.73 bits per heavy atom. The van der Waals surface area contributed by atoms with Crippen LogP contribution in [0.3, 0.4) is 0 Å². The number of unbranched alkanes of at least 4 members (excludes halogenated alkanes) is 1. The summed E-state index contributed by atoms with van der Waals surface area (Å²) in [4.78, 5) is 0. The molecule has 0 aliphatic heterocycles. The SMILES string of the molecule is CCCCC1CCC(c2cc(F)c3c(F)c(OS(=O)(=O)C(F)(F)F)ccc3c2)CC1. The summed E-state index contributed by atoms with van der Waals surface area (Å²) in [5.41, 5.74) is -5.00. The average Bonchev–Trinajstić information content (AvgIpc) is 2.67. The van der Waals surface area contributed by atoms with Gasteiger partial charge >= 0.3 is 15.6 Å². The summed E-state index contributed by atoms with van der Waals surface area (Å²) in [5.74, 6) is -2.83. The molecule has 2 aromatic carbocycles. The van der Waals surface area contributed by atoms with E-state index < -0.39 is 38.4 Å². The molecule has 1 fully saturated rings. The molecule has 0 aromatic heterocycles. The zero-order valence-corrected chi connectivity index (χ0v) is 17.3. The third kappa shape index (κ3) is 4.71. The third-order valence-electron chi connectivity index (χ3n) is 5.76. The fourth-order valence-electron chi connectivity index (χ4n) is 4.12. The molecule has 0 spiro atoms. The minimum Gasteiger partial charge on any atom is -0.373 e. The van der Waals surface area contributed by atoms with Gasteiger partial charge in [-0.1, -0.05) is 38.3 Å². The van der Waals surface area contributed by atoms with Crippen molar-refractivity contribution in [3.63, 3.8) is 0 Å². The van der Waals surface area contributed by atoms with Crippen molar-refractivity contribution in [1.82, 2.24) is 0 Å². The van der Waals surface area contributed by atoms with E-state index in [0.29, 0.717) is 11.5 Å². The van der Waals surface area contributed by atoms with Crippen molar-refractivity contribution in [2.75, 3.05) is 0 Å². The molecular weight excluding hydrogens is 427 g/mol. The highest BCUT2D eigenvalue weighted by atomic mass is 32.2. The van der Waals surface area contributed by atoms with Crippen molar-refractivity contribution in [3.8, 4) is 5.75 Å². The van der Waals surface area contributed by atoms with Crippen LogP contribution in [0.1, 0.15) is 63.4 Å². The molecule has 3 nitrogen and oxygen atoms in total. The van der Waals surface area contributed by atoms with Gasteiger partial charge in [0.25, 0.3) is 0 Å². The highest BCUT2D eigenvalue weighted by Crippen LogP contribution is 2.40. The second-order valence-corrected chi connectivity index (χ2v) is 9.36. The molecule has 0 unspecified atom stereocenters. The van der Waals surface area contributed by atoms with Gasteiger partial charge in [-0.15, -0.1) is 0 Å². The van der Waals surface area contributed by atoms with Gasteiger partial charge in [0.05, 0.1) is 5.39 Å². The number of benzene rings is 2. The largest absolute Gasteiger partial charge is 0.534 e. The van der Waals surface area contributed by atoms with Crippen molar-refractivity contribution in [2.45, 2.75) is 63.3 Å². The minimum absolute atomic E-state index is 0.131. The summed E-state index contributed by atoms with van der Waals surface area (Å²) >= 11 is 0. The minimum atomic E-state index is -6.05. The standard InChI is InChI=1S/C21H23F5O3S/c1-2-3-4-13-5-7-14(8-6-13)16-11-15-9-10-18(20(23)19(15)17(22)12-16)29-30(27,28)21(24,25)26/h9-14H,2-8H2,1H3. The molecule has 0 atom stereocenters. The summed E-state index contributed by atoms with van der Waals surface area (Å²) in [6, 6.07) is 4.73. The average molecular weight is 450 g/mol. The molecule has 3 rings (SSSR count). The van der Waals surface area contributed by atoms with Crippen LogP contribution in [0, 0.1) is 17.6 Å². The number of rotatable bonds is 6. The number of alkyl halides is 3. The number of hydrogen-bond acceptors (Lipinski definition) is 3. The molecule has 0 saturated heterocycles. The van der Waals surface area contributed by atoms with Gasteiger partial charge in [-0.2, -0.15) is 21.6 Å². The van der Waals surface area contributed by atoms with Crippen molar-refractivity contribution in [1.29, 1.82) is 0 Å². The molecule has 0 amide bonds. The number of halogens is 5. The van der Waals surface area contributed by atoms with E-state index >= 15 is 0 Å². The van der Waals surface area contributed by atoms with Gasteiger partial charge in [0.2, 0.25) is 0 Å². The van der Waals surface area contributed by atoms with E-state index in [1.165, 1.54) is 25.0 Å². The molecule has 30 heavy (non-hydrogen) atoms. The molecule has 2 aromatic rings. The Kier molecular flexibility index (Phi) is 6.60. The van der Waals surface area contributed by atoms with E-state index in [-0.39, 0.29) is 11.3 Å². The Hall–Kier alpha value is -1.90. The molecule has 1 saturated carbocycles. The van der Waals surface area contributed by atoms with E-state index in [1.807, 2.05) is 0 Å². The van der Waals surface area contributed by atoms with Crippen LogP contribution in [0.25, 0.3) is 10.8 Å². The maximum absolute atomic E-state index is 14.7. The van der Waals surface area contributed by atoms with E-state index in [9.17, 15) is 30.4 Å². The molecular formula is C21H23F5O3S. The Morgan fingerprint density at radius 3 is 2.33 bits per heavy atom. The fraction of sp³-hybridized carbons (Fsp3) is 0.524. The van der Waals surface area contributed by atoms with Gasteiger partial charge in [0, 0.05) is 0 Å². The lowest BCUT2D eigenvalue weighted by Gasteiger charge is -2.29. The lowest BCUT2D eigenvalue weighted by atomic mass is 9.77. The van der Waals surface area contributed by atoms with Crippen LogP contribution in [0.2, 0.25) is 0 Å². The maximum atomic E-state index is 14.7. The van der Waals surface area contributed by atoms with E-state index in [4.69, 9.17) is 0 Å². The highest BCUT2D eigenvalue weighted by molar-refractivity contribution is 7.88. The van der Waals surface area contributed by atoms with E-state index in [1.54, 1.807) is 6.07 Å². The van der Waals surface area contributed by atoms with E-state index in [0.717, 1.165) is 38.2 Å². The Balaban J connectivity index is 1.86. The lowest BCUT2D eigenvalue weighted by molar-refractivity contribution is -0.0500. The molecule has 9 heteroatoms. The second kappa shape index (κ2) is 8.69.